The number of hydrogen-bond donors (Lipinski definition) is 0. The molecule has 0 heterocycles. The van der Waals surface area contributed by atoms with Crippen LogP contribution in [0.3, 0.4) is 0 Å². The molecule has 2 atom stereocenters. The molecule has 4 heteroatoms. The van der Waals surface area contributed by atoms with E-state index in [2.05, 4.69) is 10.2 Å². The molecule has 0 saturated heterocycles. The summed E-state index contributed by atoms with van der Waals surface area (Å²) in [5, 5.41) is 7.84. The van der Waals surface area contributed by atoms with E-state index in [1.165, 1.54) is 0 Å². The van der Waals surface area contributed by atoms with Gasteiger partial charge in [0.05, 0.1) is 5.69 Å². The summed E-state index contributed by atoms with van der Waals surface area (Å²) in [6.45, 7) is 1.83. The van der Waals surface area contributed by atoms with Gasteiger partial charge in [-0.2, -0.15) is 10.2 Å². The van der Waals surface area contributed by atoms with Crippen LogP contribution in [-0.4, -0.2) is 17.6 Å². The van der Waals surface area contributed by atoms with E-state index in [1.807, 2.05) is 25.1 Å². The summed E-state index contributed by atoms with van der Waals surface area (Å²) in [5.41, 5.74) is 0.659. The zero-order valence-corrected chi connectivity index (χ0v) is 9.67. The Labute approximate surface area is 99.7 Å². The minimum absolute atomic E-state index is 0.0903. The first kappa shape index (κ1) is 11.6. The minimum atomic E-state index is -0.890. The van der Waals surface area contributed by atoms with E-state index < -0.39 is 6.04 Å². The van der Waals surface area contributed by atoms with Crippen molar-refractivity contribution in [1.29, 1.82) is 0 Å². The fourth-order valence-corrected chi connectivity index (χ4v) is 1.81. The van der Waals surface area contributed by atoms with Crippen molar-refractivity contribution < 1.29 is 9.59 Å². The Balaban J connectivity index is 2.14. The molecule has 1 fully saturated rings. The van der Waals surface area contributed by atoms with Crippen molar-refractivity contribution in [3.63, 3.8) is 0 Å². The van der Waals surface area contributed by atoms with Crippen LogP contribution in [0.15, 0.2) is 40.6 Å². The van der Waals surface area contributed by atoms with Crippen LogP contribution >= 0.6 is 0 Å². The summed E-state index contributed by atoms with van der Waals surface area (Å²) in [7, 11) is 0. The standard InChI is InChI=1S/C13H14N2O2/c1-9-7-8-11(16)12(13(9)17)15-14-10-5-3-2-4-6-10/h2-6,9,12H,7-8H2,1H3. The highest BCUT2D eigenvalue weighted by molar-refractivity contribution is 6.09. The van der Waals surface area contributed by atoms with E-state index in [0.717, 1.165) is 0 Å². The van der Waals surface area contributed by atoms with E-state index in [9.17, 15) is 9.59 Å². The number of carbonyl (C=O) groups excluding carboxylic acids is 2. The summed E-state index contributed by atoms with van der Waals surface area (Å²) in [5.74, 6) is -0.318. The average molecular weight is 230 g/mol. The quantitative estimate of drug-likeness (QED) is 0.579. The van der Waals surface area contributed by atoms with Crippen molar-refractivity contribution in [2.75, 3.05) is 0 Å². The third-order valence-corrected chi connectivity index (χ3v) is 2.93. The van der Waals surface area contributed by atoms with Crippen molar-refractivity contribution in [3.8, 4) is 0 Å². The van der Waals surface area contributed by atoms with Crippen molar-refractivity contribution in [2.45, 2.75) is 25.8 Å². The number of Topliss-reactive ketones (excluding diaryl/α,β-unsaturated/α-hetero) is 2. The Morgan fingerprint density at radius 3 is 2.59 bits per heavy atom. The van der Waals surface area contributed by atoms with Crippen molar-refractivity contribution in [1.82, 2.24) is 0 Å². The predicted octanol–water partition coefficient (Wildman–Crippen LogP) is 2.71. The third-order valence-electron chi connectivity index (χ3n) is 2.93. The number of hydrogen-bond acceptors (Lipinski definition) is 4. The first-order valence-electron chi connectivity index (χ1n) is 5.71. The highest BCUT2D eigenvalue weighted by Crippen LogP contribution is 2.21. The van der Waals surface area contributed by atoms with Gasteiger partial charge in [0, 0.05) is 12.3 Å². The average Bonchev–Trinajstić information content (AvgIpc) is 2.35. The first-order valence-corrected chi connectivity index (χ1v) is 5.71. The van der Waals surface area contributed by atoms with E-state index in [1.54, 1.807) is 12.1 Å². The fourth-order valence-electron chi connectivity index (χ4n) is 1.81. The Morgan fingerprint density at radius 1 is 1.18 bits per heavy atom. The molecule has 1 aliphatic carbocycles. The van der Waals surface area contributed by atoms with Crippen LogP contribution in [0.5, 0.6) is 0 Å². The molecular weight excluding hydrogens is 216 g/mol. The van der Waals surface area contributed by atoms with Gasteiger partial charge in [-0.05, 0) is 18.6 Å². The Bertz CT molecular complexity index is 454. The molecule has 0 bridgehead atoms. The maximum absolute atomic E-state index is 11.8. The highest BCUT2D eigenvalue weighted by atomic mass is 16.2. The number of benzene rings is 1. The summed E-state index contributed by atoms with van der Waals surface area (Å²) in [4.78, 5) is 23.4. The number of nitrogens with zero attached hydrogens (tertiary/aromatic N) is 2. The normalized spacial score (nSPS) is 25.5. The maximum atomic E-state index is 11.8. The highest BCUT2D eigenvalue weighted by Gasteiger charge is 2.34. The second kappa shape index (κ2) is 4.99. The second-order valence-corrected chi connectivity index (χ2v) is 4.26. The van der Waals surface area contributed by atoms with Crippen molar-refractivity contribution in [2.24, 2.45) is 16.1 Å². The van der Waals surface area contributed by atoms with Crippen LogP contribution < -0.4 is 0 Å². The van der Waals surface area contributed by atoms with Crippen LogP contribution in [0.4, 0.5) is 5.69 Å². The van der Waals surface area contributed by atoms with Gasteiger partial charge in [0.25, 0.3) is 0 Å². The Morgan fingerprint density at radius 2 is 1.88 bits per heavy atom. The van der Waals surface area contributed by atoms with E-state index in [0.29, 0.717) is 18.5 Å². The zero-order chi connectivity index (χ0) is 12.3. The van der Waals surface area contributed by atoms with Crippen LogP contribution in [0, 0.1) is 5.92 Å². The van der Waals surface area contributed by atoms with Gasteiger partial charge >= 0.3 is 0 Å². The topological polar surface area (TPSA) is 58.9 Å². The third kappa shape index (κ3) is 2.64. The van der Waals surface area contributed by atoms with Crippen LogP contribution in [0.25, 0.3) is 0 Å². The minimum Gasteiger partial charge on any atom is -0.297 e. The van der Waals surface area contributed by atoms with Crippen LogP contribution in [-0.2, 0) is 9.59 Å². The monoisotopic (exact) mass is 230 g/mol. The van der Waals surface area contributed by atoms with Crippen molar-refractivity contribution >= 4 is 17.3 Å². The van der Waals surface area contributed by atoms with Gasteiger partial charge in [-0.3, -0.25) is 9.59 Å². The smallest absolute Gasteiger partial charge is 0.187 e. The summed E-state index contributed by atoms with van der Waals surface area (Å²) >= 11 is 0. The largest absolute Gasteiger partial charge is 0.297 e. The van der Waals surface area contributed by atoms with Gasteiger partial charge in [-0.1, -0.05) is 25.1 Å². The molecule has 1 saturated carbocycles. The molecule has 1 aromatic carbocycles. The number of carbonyl (C=O) groups is 2. The number of rotatable bonds is 2. The molecule has 1 aliphatic rings. The molecule has 0 aromatic heterocycles. The molecule has 0 aliphatic heterocycles. The molecule has 1 aromatic rings. The van der Waals surface area contributed by atoms with Gasteiger partial charge < -0.3 is 0 Å². The molecule has 2 unspecified atom stereocenters. The second-order valence-electron chi connectivity index (χ2n) is 4.26. The molecule has 0 N–H and O–H groups in total. The van der Waals surface area contributed by atoms with Gasteiger partial charge in [-0.15, -0.1) is 0 Å². The molecule has 17 heavy (non-hydrogen) atoms. The lowest BCUT2D eigenvalue weighted by molar-refractivity contribution is -0.134. The summed E-state index contributed by atoms with van der Waals surface area (Å²) in [6, 6.07) is 8.22. The summed E-state index contributed by atoms with van der Waals surface area (Å²) in [6.07, 6.45) is 1.06. The van der Waals surface area contributed by atoms with Gasteiger partial charge in [-0.25, -0.2) is 0 Å². The lowest BCUT2D eigenvalue weighted by Crippen LogP contribution is -2.37. The number of ketones is 2. The fraction of sp³-hybridized carbons (Fsp3) is 0.385. The van der Waals surface area contributed by atoms with E-state index in [4.69, 9.17) is 0 Å². The first-order chi connectivity index (χ1) is 8.18. The number of azo groups is 1. The van der Waals surface area contributed by atoms with E-state index >= 15 is 0 Å². The van der Waals surface area contributed by atoms with Crippen LogP contribution in [0.2, 0.25) is 0 Å². The van der Waals surface area contributed by atoms with Crippen LogP contribution in [0.1, 0.15) is 19.8 Å². The van der Waals surface area contributed by atoms with Gasteiger partial charge in [0.2, 0.25) is 0 Å². The molecule has 0 radical (unpaired) electrons. The molecule has 4 nitrogen and oxygen atoms in total. The zero-order valence-electron chi connectivity index (χ0n) is 9.67. The lowest BCUT2D eigenvalue weighted by Gasteiger charge is -2.20. The Kier molecular flexibility index (Phi) is 3.42. The van der Waals surface area contributed by atoms with Gasteiger partial charge in [0.1, 0.15) is 0 Å². The molecule has 0 spiro atoms. The van der Waals surface area contributed by atoms with E-state index in [-0.39, 0.29) is 17.5 Å². The molecule has 88 valence electrons. The lowest BCUT2D eigenvalue weighted by atomic mass is 9.85. The van der Waals surface area contributed by atoms with Crippen molar-refractivity contribution in [3.05, 3.63) is 30.3 Å². The molecule has 2 rings (SSSR count). The SMILES string of the molecule is CC1CCC(=O)C(N=Nc2ccccc2)C1=O. The summed E-state index contributed by atoms with van der Waals surface area (Å²) < 4.78 is 0. The maximum Gasteiger partial charge on any atom is 0.187 e. The van der Waals surface area contributed by atoms with Gasteiger partial charge in [0.15, 0.2) is 17.6 Å². The molecule has 0 amide bonds. The Hall–Kier alpha value is -1.84. The predicted molar refractivity (Wildman–Crippen MR) is 63.2 cm³/mol. The molecular formula is C13H14N2O2.